The summed E-state index contributed by atoms with van der Waals surface area (Å²) in [5.74, 6) is 0.768. The molecule has 25 heavy (non-hydrogen) atoms. The molecule has 4 nitrogen and oxygen atoms in total. The standard InChI is InChI=1S/C19H24N2O2S2/c1-3-16-10-11-19(24-16)25(22,23)20(2)17-6-4-5-7-18(17)21-13-14-8-9-15(21)12-14/h4-7,10-11,14-15H,3,8-9,12-13H2,1-2H3. The van der Waals surface area contributed by atoms with Crippen molar-refractivity contribution in [1.82, 2.24) is 0 Å². The second kappa shape index (κ2) is 6.32. The van der Waals surface area contributed by atoms with E-state index < -0.39 is 10.0 Å². The van der Waals surface area contributed by atoms with Gasteiger partial charge in [0, 0.05) is 24.5 Å². The third-order valence-corrected chi connectivity index (χ3v) is 9.01. The van der Waals surface area contributed by atoms with Crippen molar-refractivity contribution in [2.45, 2.75) is 42.9 Å². The summed E-state index contributed by atoms with van der Waals surface area (Å²) in [7, 11) is -1.85. The number of nitrogens with zero attached hydrogens (tertiary/aromatic N) is 2. The van der Waals surface area contributed by atoms with Gasteiger partial charge in [-0.2, -0.15) is 0 Å². The van der Waals surface area contributed by atoms with Crippen molar-refractivity contribution in [1.29, 1.82) is 0 Å². The molecule has 0 amide bonds. The maximum atomic E-state index is 13.1. The van der Waals surface area contributed by atoms with Gasteiger partial charge in [0.05, 0.1) is 11.4 Å². The summed E-state index contributed by atoms with van der Waals surface area (Å²) in [6.07, 6.45) is 4.64. The quantitative estimate of drug-likeness (QED) is 0.788. The number of sulfonamides is 1. The number of aryl methyl sites for hydroxylation is 1. The van der Waals surface area contributed by atoms with Crippen LogP contribution in [0.3, 0.4) is 0 Å². The van der Waals surface area contributed by atoms with E-state index >= 15 is 0 Å². The maximum Gasteiger partial charge on any atom is 0.273 e. The normalized spacial score (nSPS) is 22.6. The van der Waals surface area contributed by atoms with Gasteiger partial charge in [-0.15, -0.1) is 11.3 Å². The van der Waals surface area contributed by atoms with E-state index in [2.05, 4.69) is 11.0 Å². The summed E-state index contributed by atoms with van der Waals surface area (Å²) in [5.41, 5.74) is 1.83. The van der Waals surface area contributed by atoms with Crippen LogP contribution in [-0.2, 0) is 16.4 Å². The van der Waals surface area contributed by atoms with Gasteiger partial charge in [-0.25, -0.2) is 8.42 Å². The molecule has 2 aromatic rings. The van der Waals surface area contributed by atoms with Crippen LogP contribution < -0.4 is 9.21 Å². The molecule has 1 aliphatic heterocycles. The van der Waals surface area contributed by atoms with E-state index in [1.807, 2.05) is 31.2 Å². The lowest BCUT2D eigenvalue weighted by Crippen LogP contribution is -2.34. The fraction of sp³-hybridized carbons (Fsp3) is 0.474. The molecule has 1 saturated heterocycles. The number of piperidine rings is 1. The summed E-state index contributed by atoms with van der Waals surface area (Å²) in [6, 6.07) is 12.1. The summed E-state index contributed by atoms with van der Waals surface area (Å²) in [5, 5.41) is 0. The Morgan fingerprint density at radius 3 is 2.64 bits per heavy atom. The molecule has 2 bridgehead atoms. The fourth-order valence-corrected chi connectivity index (χ4v) is 6.82. The Bertz CT molecular complexity index is 875. The molecule has 0 N–H and O–H groups in total. The van der Waals surface area contributed by atoms with Crippen molar-refractivity contribution in [3.05, 3.63) is 41.3 Å². The van der Waals surface area contributed by atoms with Crippen molar-refractivity contribution in [2.24, 2.45) is 5.92 Å². The van der Waals surface area contributed by atoms with E-state index in [1.165, 1.54) is 34.9 Å². The highest BCUT2D eigenvalue weighted by molar-refractivity contribution is 7.94. The Balaban J connectivity index is 1.69. The van der Waals surface area contributed by atoms with Crippen LogP contribution in [-0.4, -0.2) is 28.1 Å². The van der Waals surface area contributed by atoms with Crippen molar-refractivity contribution in [3.63, 3.8) is 0 Å². The van der Waals surface area contributed by atoms with Gasteiger partial charge < -0.3 is 4.90 Å². The van der Waals surface area contributed by atoms with Gasteiger partial charge in [-0.1, -0.05) is 19.1 Å². The zero-order valence-electron chi connectivity index (χ0n) is 14.7. The van der Waals surface area contributed by atoms with Gasteiger partial charge in [-0.05, 0) is 55.9 Å². The number of anilines is 2. The van der Waals surface area contributed by atoms with Crippen LogP contribution in [0.4, 0.5) is 11.4 Å². The van der Waals surface area contributed by atoms with Crippen LogP contribution in [0.5, 0.6) is 0 Å². The molecule has 1 aromatic carbocycles. The average Bonchev–Trinajstić information content (AvgIpc) is 3.37. The van der Waals surface area contributed by atoms with Crippen molar-refractivity contribution < 1.29 is 8.42 Å². The number of para-hydroxylation sites is 2. The highest BCUT2D eigenvalue weighted by Gasteiger charge is 2.39. The Hall–Kier alpha value is -1.53. The number of thiophene rings is 1. The topological polar surface area (TPSA) is 40.6 Å². The van der Waals surface area contributed by atoms with E-state index in [-0.39, 0.29) is 0 Å². The molecule has 1 saturated carbocycles. The Morgan fingerprint density at radius 1 is 1.20 bits per heavy atom. The third-order valence-electron chi connectivity index (χ3n) is 5.54. The first-order valence-corrected chi connectivity index (χ1v) is 11.2. The molecule has 4 rings (SSSR count). The first kappa shape index (κ1) is 16.9. The molecular formula is C19H24N2O2S2. The first-order chi connectivity index (χ1) is 12.0. The van der Waals surface area contributed by atoms with Crippen LogP contribution in [0, 0.1) is 5.92 Å². The minimum absolute atomic E-state index is 0.421. The van der Waals surface area contributed by atoms with Crippen molar-refractivity contribution >= 4 is 32.7 Å². The van der Waals surface area contributed by atoms with Crippen LogP contribution in [0.15, 0.2) is 40.6 Å². The molecule has 2 unspecified atom stereocenters. The van der Waals surface area contributed by atoms with Gasteiger partial charge in [-0.3, -0.25) is 4.31 Å². The van der Waals surface area contributed by atoms with Crippen LogP contribution in [0.2, 0.25) is 0 Å². The zero-order valence-corrected chi connectivity index (χ0v) is 16.3. The van der Waals surface area contributed by atoms with Crippen LogP contribution >= 0.6 is 11.3 Å². The number of hydrogen-bond donors (Lipinski definition) is 0. The lowest BCUT2D eigenvalue weighted by molar-refractivity contribution is 0.553. The van der Waals surface area contributed by atoms with Crippen LogP contribution in [0.25, 0.3) is 0 Å². The molecule has 2 atom stereocenters. The van der Waals surface area contributed by atoms with Gasteiger partial charge in [0.2, 0.25) is 0 Å². The van der Waals surface area contributed by atoms with Gasteiger partial charge in [0.25, 0.3) is 10.0 Å². The fourth-order valence-electron chi connectivity index (χ4n) is 4.14. The summed E-state index contributed by atoms with van der Waals surface area (Å²) >= 11 is 1.37. The minimum Gasteiger partial charge on any atom is -0.367 e. The lowest BCUT2D eigenvalue weighted by Gasteiger charge is -2.33. The predicted molar refractivity (Wildman–Crippen MR) is 104 cm³/mol. The Labute approximate surface area is 154 Å². The second-order valence-corrected chi connectivity index (χ2v) is 10.4. The molecule has 2 aliphatic rings. The zero-order chi connectivity index (χ0) is 17.6. The summed E-state index contributed by atoms with van der Waals surface area (Å²) < 4.78 is 28.1. The Kier molecular flexibility index (Phi) is 4.28. The number of fused-ring (bicyclic) bond motifs is 2. The lowest BCUT2D eigenvalue weighted by atomic mass is 10.1. The third kappa shape index (κ3) is 2.85. The molecule has 0 radical (unpaired) electrons. The monoisotopic (exact) mass is 376 g/mol. The smallest absolute Gasteiger partial charge is 0.273 e. The van der Waals surface area contributed by atoms with E-state index in [4.69, 9.17) is 0 Å². The highest BCUT2D eigenvalue weighted by Crippen LogP contribution is 2.44. The number of benzene rings is 1. The number of hydrogen-bond acceptors (Lipinski definition) is 4. The van der Waals surface area contributed by atoms with Crippen molar-refractivity contribution in [2.75, 3.05) is 22.8 Å². The molecule has 2 heterocycles. The van der Waals surface area contributed by atoms with Crippen molar-refractivity contribution in [3.8, 4) is 0 Å². The molecule has 0 spiro atoms. The van der Waals surface area contributed by atoms with E-state index in [0.29, 0.717) is 10.3 Å². The number of rotatable bonds is 5. The largest absolute Gasteiger partial charge is 0.367 e. The SMILES string of the molecule is CCc1ccc(S(=O)(=O)N(C)c2ccccc2N2CC3CCC2C3)s1. The molecule has 1 aliphatic carbocycles. The summed E-state index contributed by atoms with van der Waals surface area (Å²) in [6.45, 7) is 3.10. The Morgan fingerprint density at radius 2 is 2.00 bits per heavy atom. The molecule has 2 fully saturated rings. The average molecular weight is 377 g/mol. The maximum absolute atomic E-state index is 13.1. The highest BCUT2D eigenvalue weighted by atomic mass is 32.2. The van der Waals surface area contributed by atoms with E-state index in [0.717, 1.165) is 35.1 Å². The first-order valence-electron chi connectivity index (χ1n) is 8.94. The van der Waals surface area contributed by atoms with E-state index in [1.54, 1.807) is 13.1 Å². The van der Waals surface area contributed by atoms with Gasteiger partial charge in [0.1, 0.15) is 4.21 Å². The summed E-state index contributed by atoms with van der Waals surface area (Å²) in [4.78, 5) is 3.51. The van der Waals surface area contributed by atoms with Gasteiger partial charge >= 0.3 is 0 Å². The van der Waals surface area contributed by atoms with Gasteiger partial charge in [0.15, 0.2) is 0 Å². The minimum atomic E-state index is -3.52. The molecule has 134 valence electrons. The second-order valence-electron chi connectivity index (χ2n) is 7.02. The molecule has 6 heteroatoms. The molecular weight excluding hydrogens is 352 g/mol. The van der Waals surface area contributed by atoms with Crippen LogP contribution in [0.1, 0.15) is 31.1 Å². The van der Waals surface area contributed by atoms with E-state index in [9.17, 15) is 8.42 Å². The molecule has 1 aromatic heterocycles. The predicted octanol–water partition coefficient (Wildman–Crippen LogP) is 4.12.